The van der Waals surface area contributed by atoms with E-state index in [9.17, 15) is 0 Å². The van der Waals surface area contributed by atoms with E-state index in [1.807, 2.05) is 0 Å². The van der Waals surface area contributed by atoms with Gasteiger partial charge in [-0.3, -0.25) is 0 Å². The molecule has 1 aliphatic heterocycles. The molecule has 0 radical (unpaired) electrons. The minimum atomic E-state index is -1.83. The summed E-state index contributed by atoms with van der Waals surface area (Å²) in [4.78, 5) is 0. The van der Waals surface area contributed by atoms with E-state index in [0.717, 1.165) is 25.4 Å². The summed E-state index contributed by atoms with van der Waals surface area (Å²) < 4.78 is 12.4. The van der Waals surface area contributed by atoms with Crippen molar-refractivity contribution >= 4 is 23.2 Å². The Morgan fingerprint density at radius 3 is 1.45 bits per heavy atom. The van der Waals surface area contributed by atoms with Crippen molar-refractivity contribution in [3.05, 3.63) is 91.0 Å². The second kappa shape index (κ2) is 9.22. The Hall–Kier alpha value is -1.99. The molecule has 0 amide bonds. The lowest BCUT2D eigenvalue weighted by Crippen LogP contribution is -2.38. The van der Waals surface area contributed by atoms with E-state index in [1.54, 1.807) is 0 Å². The molecule has 3 aromatic carbocycles. The van der Waals surface area contributed by atoms with Crippen molar-refractivity contribution in [3.8, 4) is 0 Å². The maximum absolute atomic E-state index is 6.18. The van der Waals surface area contributed by atoms with Crippen molar-refractivity contribution in [2.75, 3.05) is 19.4 Å². The topological polar surface area (TPSA) is 18.5 Å². The van der Waals surface area contributed by atoms with Gasteiger partial charge in [0.05, 0.1) is 19.4 Å². The molecule has 3 heteroatoms. The van der Waals surface area contributed by atoms with Crippen molar-refractivity contribution in [1.29, 1.82) is 0 Å². The molecule has 4 rings (SSSR count). The van der Waals surface area contributed by atoms with Gasteiger partial charge in [-0.25, -0.2) is 0 Å². The van der Waals surface area contributed by atoms with Crippen LogP contribution in [0, 0.1) is 0 Å². The van der Waals surface area contributed by atoms with Gasteiger partial charge >= 0.3 is 0 Å². The van der Waals surface area contributed by atoms with Crippen LogP contribution < -0.4 is 15.9 Å². The first-order valence-electron chi connectivity index (χ1n) is 10.6. The van der Waals surface area contributed by atoms with Crippen LogP contribution in [0.4, 0.5) is 0 Å². The third-order valence-corrected chi connectivity index (χ3v) is 10.3. The molecule has 0 unspecified atom stereocenters. The quantitative estimate of drug-likeness (QED) is 0.496. The Kier molecular flexibility index (Phi) is 6.45. The Bertz CT molecular complexity index is 778. The average Bonchev–Trinajstić information content (AvgIpc) is 3.25. The Balaban J connectivity index is 1.84. The molecule has 1 aliphatic rings. The number of rotatable bonds is 8. The lowest BCUT2D eigenvalue weighted by molar-refractivity contribution is -0.163. The summed E-state index contributed by atoms with van der Waals surface area (Å²) in [6.45, 7) is 3.61. The van der Waals surface area contributed by atoms with Gasteiger partial charge in [0.2, 0.25) is 0 Å². The minimum absolute atomic E-state index is 0.432. The zero-order valence-corrected chi connectivity index (χ0v) is 18.1. The highest BCUT2D eigenvalue weighted by molar-refractivity contribution is 7.95. The van der Waals surface area contributed by atoms with E-state index in [0.29, 0.717) is 13.2 Å². The molecule has 0 N–H and O–H groups in total. The van der Waals surface area contributed by atoms with Crippen molar-refractivity contribution < 1.29 is 9.47 Å². The van der Waals surface area contributed by atoms with E-state index in [1.165, 1.54) is 15.9 Å². The van der Waals surface area contributed by atoms with Gasteiger partial charge in [0, 0.05) is 12.8 Å². The molecule has 0 spiro atoms. The van der Waals surface area contributed by atoms with E-state index in [-0.39, 0.29) is 0 Å². The van der Waals surface area contributed by atoms with Gasteiger partial charge < -0.3 is 9.47 Å². The fourth-order valence-corrected chi connectivity index (χ4v) is 8.90. The van der Waals surface area contributed by atoms with Crippen molar-refractivity contribution in [3.63, 3.8) is 0 Å². The zero-order chi connectivity index (χ0) is 20.0. The van der Waals surface area contributed by atoms with E-state index in [4.69, 9.17) is 9.47 Å². The molecular weight excluding hydrogens is 375 g/mol. The van der Waals surface area contributed by atoms with Crippen LogP contribution in [0.5, 0.6) is 0 Å². The van der Waals surface area contributed by atoms with Crippen molar-refractivity contribution in [2.45, 2.75) is 32.0 Å². The van der Waals surface area contributed by atoms with Gasteiger partial charge in [0.1, 0.15) is 23.2 Å². The molecule has 150 valence electrons. The maximum Gasteiger partial charge on any atom is 0.171 e. The third-order valence-electron chi connectivity index (χ3n) is 5.86. The minimum Gasteiger partial charge on any atom is -0.347 e. The third kappa shape index (κ3) is 4.16. The summed E-state index contributed by atoms with van der Waals surface area (Å²) in [6.07, 6.45) is 3.96. The van der Waals surface area contributed by atoms with E-state index >= 15 is 0 Å². The van der Waals surface area contributed by atoms with Crippen LogP contribution in [0.1, 0.15) is 26.2 Å². The van der Waals surface area contributed by atoms with Crippen molar-refractivity contribution in [2.24, 2.45) is 0 Å². The molecule has 29 heavy (non-hydrogen) atoms. The Labute approximate surface area is 175 Å². The van der Waals surface area contributed by atoms with Crippen molar-refractivity contribution in [1.82, 2.24) is 0 Å². The van der Waals surface area contributed by atoms with Crippen LogP contribution >= 0.6 is 7.26 Å². The first-order valence-corrected chi connectivity index (χ1v) is 12.6. The van der Waals surface area contributed by atoms with Gasteiger partial charge in [-0.2, -0.15) is 0 Å². The molecule has 0 aliphatic carbocycles. The summed E-state index contributed by atoms with van der Waals surface area (Å²) in [5.41, 5.74) is 0. The van der Waals surface area contributed by atoms with Crippen LogP contribution in [0.15, 0.2) is 91.0 Å². The monoisotopic (exact) mass is 405 g/mol. The van der Waals surface area contributed by atoms with E-state index in [2.05, 4.69) is 97.9 Å². The smallest absolute Gasteiger partial charge is 0.171 e. The largest absolute Gasteiger partial charge is 0.347 e. The number of hydrogen-bond acceptors (Lipinski definition) is 2. The fourth-order valence-electron chi connectivity index (χ4n) is 4.51. The molecule has 1 fully saturated rings. The second-order valence-corrected chi connectivity index (χ2v) is 11.3. The molecule has 1 saturated heterocycles. The summed E-state index contributed by atoms with van der Waals surface area (Å²) >= 11 is 0. The predicted octanol–water partition coefficient (Wildman–Crippen LogP) is 4.91. The van der Waals surface area contributed by atoms with Crippen LogP contribution in [0.25, 0.3) is 0 Å². The number of ether oxygens (including phenoxy) is 2. The molecule has 0 saturated carbocycles. The molecule has 1 heterocycles. The summed E-state index contributed by atoms with van der Waals surface area (Å²) in [5.74, 6) is -0.432. The van der Waals surface area contributed by atoms with Gasteiger partial charge in [-0.1, -0.05) is 67.9 Å². The molecule has 3 aromatic rings. The lowest BCUT2D eigenvalue weighted by Gasteiger charge is -2.32. The summed E-state index contributed by atoms with van der Waals surface area (Å²) in [5, 5.41) is 4.26. The lowest BCUT2D eigenvalue weighted by atomic mass is 10.1. The Morgan fingerprint density at radius 2 is 1.07 bits per heavy atom. The summed E-state index contributed by atoms with van der Waals surface area (Å²) in [6, 6.07) is 33.1. The molecule has 0 bridgehead atoms. The van der Waals surface area contributed by atoms with Gasteiger partial charge in [-0.05, 0) is 36.4 Å². The van der Waals surface area contributed by atoms with Crippen LogP contribution in [0.2, 0.25) is 0 Å². The van der Waals surface area contributed by atoms with Crippen LogP contribution in [0.3, 0.4) is 0 Å². The second-order valence-electron chi connectivity index (χ2n) is 7.65. The standard InChI is InChI=1S/C26H30O2P/c1-2-18-26(27-20-21-28-26)19-22-29(23-12-6-3-7-13-23,24-14-8-4-9-15-24)25-16-10-5-11-17-25/h3-17H,2,18-22H2,1H3/q+1. The van der Waals surface area contributed by atoms with Gasteiger partial charge in [-0.15, -0.1) is 0 Å². The van der Waals surface area contributed by atoms with Gasteiger partial charge in [0.15, 0.2) is 5.79 Å². The molecule has 2 nitrogen and oxygen atoms in total. The number of benzene rings is 3. The highest BCUT2D eigenvalue weighted by Crippen LogP contribution is 2.57. The fraction of sp³-hybridized carbons (Fsp3) is 0.308. The SMILES string of the molecule is CCCC1(CC[P+](c2ccccc2)(c2ccccc2)c2ccccc2)OCCO1. The highest BCUT2D eigenvalue weighted by atomic mass is 31.2. The first kappa shape index (κ1) is 20.3. The first-order chi connectivity index (χ1) is 14.3. The average molecular weight is 405 g/mol. The molecule has 0 aromatic heterocycles. The predicted molar refractivity (Wildman–Crippen MR) is 124 cm³/mol. The highest BCUT2D eigenvalue weighted by Gasteiger charge is 2.48. The van der Waals surface area contributed by atoms with Gasteiger partial charge in [0.25, 0.3) is 0 Å². The van der Waals surface area contributed by atoms with Crippen LogP contribution in [-0.4, -0.2) is 25.2 Å². The number of hydrogen-bond donors (Lipinski definition) is 0. The van der Waals surface area contributed by atoms with E-state index < -0.39 is 13.0 Å². The van der Waals surface area contributed by atoms with Crippen LogP contribution in [-0.2, 0) is 9.47 Å². The molecular formula is C26H30O2P+. The Morgan fingerprint density at radius 1 is 0.655 bits per heavy atom. The maximum atomic E-state index is 6.18. The normalized spacial score (nSPS) is 16.0. The molecule has 0 atom stereocenters. The zero-order valence-electron chi connectivity index (χ0n) is 17.2. The summed E-state index contributed by atoms with van der Waals surface area (Å²) in [7, 11) is -1.83.